The zero-order valence-corrected chi connectivity index (χ0v) is 14.2. The van der Waals surface area contributed by atoms with E-state index in [4.69, 9.17) is 5.11 Å². The Balaban J connectivity index is 1.68. The molecule has 0 radical (unpaired) electrons. The van der Waals surface area contributed by atoms with Gasteiger partial charge in [0, 0.05) is 18.9 Å². The van der Waals surface area contributed by atoms with Crippen molar-refractivity contribution in [3.05, 3.63) is 77.0 Å². The van der Waals surface area contributed by atoms with E-state index in [9.17, 15) is 4.79 Å². The second-order valence-electron chi connectivity index (χ2n) is 6.02. The van der Waals surface area contributed by atoms with Crippen molar-refractivity contribution in [1.82, 2.24) is 14.5 Å². The summed E-state index contributed by atoms with van der Waals surface area (Å²) in [5.41, 5.74) is 4.16. The standard InChI is InChI=1S/C19H20N4O2/c1-13-4-3-5-15(6-13)9-23-10-18(21-12-23)22-19(25)16-7-14(2)17(11-24)20-8-16/h3-8,10,12,24H,9,11H2,1-2H3,(H,22,25). The van der Waals surface area contributed by atoms with Crippen LogP contribution in [0.4, 0.5) is 5.82 Å². The van der Waals surface area contributed by atoms with Gasteiger partial charge in [-0.15, -0.1) is 0 Å². The number of rotatable bonds is 5. The van der Waals surface area contributed by atoms with Crippen molar-refractivity contribution in [2.24, 2.45) is 0 Å². The third kappa shape index (κ3) is 4.10. The molecular formula is C19H20N4O2. The molecule has 0 fully saturated rings. The Morgan fingerprint density at radius 1 is 1.24 bits per heavy atom. The van der Waals surface area contributed by atoms with Crippen LogP contribution in [-0.4, -0.2) is 25.5 Å². The predicted octanol–water partition coefficient (Wildman–Crippen LogP) is 2.69. The number of pyridine rings is 1. The number of aliphatic hydroxyl groups is 1. The van der Waals surface area contributed by atoms with Crippen LogP contribution in [0.5, 0.6) is 0 Å². The number of aryl methyl sites for hydroxylation is 2. The first-order chi connectivity index (χ1) is 12.0. The van der Waals surface area contributed by atoms with Gasteiger partial charge >= 0.3 is 0 Å². The molecule has 2 aromatic heterocycles. The maximum Gasteiger partial charge on any atom is 0.258 e. The predicted molar refractivity (Wildman–Crippen MR) is 95.4 cm³/mol. The molecule has 0 spiro atoms. The highest BCUT2D eigenvalue weighted by Crippen LogP contribution is 2.12. The molecule has 25 heavy (non-hydrogen) atoms. The lowest BCUT2D eigenvalue weighted by Gasteiger charge is -2.06. The van der Waals surface area contributed by atoms with E-state index in [0.29, 0.717) is 23.6 Å². The molecule has 0 aliphatic carbocycles. The van der Waals surface area contributed by atoms with Crippen molar-refractivity contribution >= 4 is 11.7 Å². The monoisotopic (exact) mass is 336 g/mol. The third-order valence-electron chi connectivity index (χ3n) is 3.92. The van der Waals surface area contributed by atoms with Crippen molar-refractivity contribution < 1.29 is 9.90 Å². The molecule has 6 heteroatoms. The van der Waals surface area contributed by atoms with Crippen LogP contribution in [-0.2, 0) is 13.2 Å². The van der Waals surface area contributed by atoms with E-state index >= 15 is 0 Å². The van der Waals surface area contributed by atoms with Gasteiger partial charge < -0.3 is 15.0 Å². The largest absolute Gasteiger partial charge is 0.390 e. The van der Waals surface area contributed by atoms with Crippen LogP contribution in [0.1, 0.15) is 32.7 Å². The molecule has 0 saturated carbocycles. The number of anilines is 1. The highest BCUT2D eigenvalue weighted by molar-refractivity contribution is 6.03. The van der Waals surface area contributed by atoms with Crippen LogP contribution in [0.15, 0.2) is 49.1 Å². The molecule has 0 aliphatic rings. The van der Waals surface area contributed by atoms with E-state index in [-0.39, 0.29) is 12.5 Å². The van der Waals surface area contributed by atoms with E-state index < -0.39 is 0 Å². The van der Waals surface area contributed by atoms with Crippen molar-refractivity contribution in [3.8, 4) is 0 Å². The fraction of sp³-hybridized carbons (Fsp3) is 0.211. The number of imidazole rings is 1. The van der Waals surface area contributed by atoms with Gasteiger partial charge in [-0.05, 0) is 31.0 Å². The molecule has 3 rings (SSSR count). The van der Waals surface area contributed by atoms with E-state index in [1.165, 1.54) is 17.3 Å². The van der Waals surface area contributed by atoms with Gasteiger partial charge in [-0.2, -0.15) is 0 Å². The Hall–Kier alpha value is -2.99. The second kappa shape index (κ2) is 7.27. The van der Waals surface area contributed by atoms with Crippen LogP contribution in [0.25, 0.3) is 0 Å². The lowest BCUT2D eigenvalue weighted by atomic mass is 10.1. The Morgan fingerprint density at radius 3 is 2.80 bits per heavy atom. The number of hydrogen-bond donors (Lipinski definition) is 2. The number of hydrogen-bond acceptors (Lipinski definition) is 4. The summed E-state index contributed by atoms with van der Waals surface area (Å²) >= 11 is 0. The van der Waals surface area contributed by atoms with Crippen LogP contribution in [0.2, 0.25) is 0 Å². The molecule has 0 unspecified atom stereocenters. The van der Waals surface area contributed by atoms with Gasteiger partial charge in [0.25, 0.3) is 5.91 Å². The quantitative estimate of drug-likeness (QED) is 0.751. The summed E-state index contributed by atoms with van der Waals surface area (Å²) in [6.45, 7) is 4.42. The van der Waals surface area contributed by atoms with Gasteiger partial charge in [0.1, 0.15) is 0 Å². The van der Waals surface area contributed by atoms with Crippen molar-refractivity contribution in [3.63, 3.8) is 0 Å². The first-order valence-corrected chi connectivity index (χ1v) is 8.00. The number of benzene rings is 1. The number of aliphatic hydroxyl groups excluding tert-OH is 1. The minimum Gasteiger partial charge on any atom is -0.390 e. The third-order valence-corrected chi connectivity index (χ3v) is 3.92. The number of nitrogens with one attached hydrogen (secondary N) is 1. The van der Waals surface area contributed by atoms with Gasteiger partial charge in [0.15, 0.2) is 5.82 Å². The lowest BCUT2D eigenvalue weighted by molar-refractivity contribution is 0.102. The Morgan fingerprint density at radius 2 is 2.08 bits per heavy atom. The molecule has 0 aliphatic heterocycles. The van der Waals surface area contributed by atoms with E-state index in [1.807, 2.05) is 17.6 Å². The Labute approximate surface area is 146 Å². The number of amides is 1. The molecule has 1 amide bonds. The van der Waals surface area contributed by atoms with E-state index in [1.54, 1.807) is 18.6 Å². The fourth-order valence-corrected chi connectivity index (χ4v) is 2.61. The topological polar surface area (TPSA) is 80.0 Å². The van der Waals surface area contributed by atoms with Crippen LogP contribution in [0, 0.1) is 13.8 Å². The zero-order chi connectivity index (χ0) is 17.8. The van der Waals surface area contributed by atoms with Gasteiger partial charge in [-0.25, -0.2) is 4.98 Å². The highest BCUT2D eigenvalue weighted by Gasteiger charge is 2.10. The number of carbonyl (C=O) groups excluding carboxylic acids is 1. The van der Waals surface area contributed by atoms with E-state index in [2.05, 4.69) is 40.4 Å². The van der Waals surface area contributed by atoms with Gasteiger partial charge in [-0.1, -0.05) is 29.8 Å². The smallest absolute Gasteiger partial charge is 0.258 e. The Kier molecular flexibility index (Phi) is 4.90. The number of nitrogens with zero attached hydrogens (tertiary/aromatic N) is 3. The summed E-state index contributed by atoms with van der Waals surface area (Å²) in [5.74, 6) is 0.211. The molecule has 2 heterocycles. The molecular weight excluding hydrogens is 316 g/mol. The second-order valence-corrected chi connectivity index (χ2v) is 6.02. The minimum absolute atomic E-state index is 0.142. The summed E-state index contributed by atoms with van der Waals surface area (Å²) in [6, 6.07) is 9.96. The summed E-state index contributed by atoms with van der Waals surface area (Å²) in [5, 5.41) is 11.9. The van der Waals surface area contributed by atoms with Gasteiger partial charge in [0.2, 0.25) is 0 Å². The number of aromatic nitrogens is 3. The summed E-state index contributed by atoms with van der Waals surface area (Å²) in [7, 11) is 0. The van der Waals surface area contributed by atoms with E-state index in [0.717, 1.165) is 5.56 Å². The summed E-state index contributed by atoms with van der Waals surface area (Å²) in [6.07, 6.45) is 4.94. The van der Waals surface area contributed by atoms with Crippen molar-refractivity contribution in [2.45, 2.75) is 27.0 Å². The minimum atomic E-state index is -0.277. The molecule has 3 aromatic rings. The molecule has 0 saturated heterocycles. The van der Waals surface area contributed by atoms with Gasteiger partial charge in [-0.3, -0.25) is 9.78 Å². The first-order valence-electron chi connectivity index (χ1n) is 8.00. The maximum atomic E-state index is 12.3. The van der Waals surface area contributed by atoms with Crippen molar-refractivity contribution in [1.29, 1.82) is 0 Å². The molecule has 2 N–H and O–H groups in total. The van der Waals surface area contributed by atoms with Gasteiger partial charge in [0.05, 0.1) is 24.2 Å². The normalized spacial score (nSPS) is 10.7. The fourth-order valence-electron chi connectivity index (χ4n) is 2.61. The van der Waals surface area contributed by atoms with Crippen LogP contribution < -0.4 is 5.32 Å². The molecule has 0 atom stereocenters. The highest BCUT2D eigenvalue weighted by atomic mass is 16.3. The molecule has 6 nitrogen and oxygen atoms in total. The molecule has 1 aromatic carbocycles. The van der Waals surface area contributed by atoms with Crippen molar-refractivity contribution in [2.75, 3.05) is 5.32 Å². The molecule has 128 valence electrons. The average molecular weight is 336 g/mol. The lowest BCUT2D eigenvalue weighted by Crippen LogP contribution is -2.13. The zero-order valence-electron chi connectivity index (χ0n) is 14.2. The average Bonchev–Trinajstić information content (AvgIpc) is 3.01. The SMILES string of the molecule is Cc1cccc(Cn2cnc(NC(=O)c3cnc(CO)c(C)c3)c2)c1. The summed E-state index contributed by atoms with van der Waals surface area (Å²) < 4.78 is 1.92. The number of carbonyl (C=O) groups is 1. The maximum absolute atomic E-state index is 12.3. The molecule has 0 bridgehead atoms. The summed E-state index contributed by atoms with van der Waals surface area (Å²) in [4.78, 5) is 20.6. The Bertz CT molecular complexity index is 902. The first kappa shape index (κ1) is 16.9. The van der Waals surface area contributed by atoms with Crippen LogP contribution in [0.3, 0.4) is 0 Å². The van der Waals surface area contributed by atoms with Crippen LogP contribution >= 0.6 is 0 Å².